The van der Waals surface area contributed by atoms with E-state index in [1.807, 2.05) is 18.2 Å². The summed E-state index contributed by atoms with van der Waals surface area (Å²) in [5.41, 5.74) is 5.06. The molecule has 0 aromatic heterocycles. The van der Waals surface area contributed by atoms with Crippen molar-refractivity contribution in [1.29, 1.82) is 0 Å². The smallest absolute Gasteiger partial charge is 0.120 e. The van der Waals surface area contributed by atoms with Crippen LogP contribution in [0.4, 0.5) is 5.69 Å². The van der Waals surface area contributed by atoms with E-state index in [2.05, 4.69) is 17.7 Å². The minimum atomic E-state index is 0.510. The summed E-state index contributed by atoms with van der Waals surface area (Å²) in [4.78, 5) is 10.4. The van der Waals surface area contributed by atoms with Crippen molar-refractivity contribution in [3.8, 4) is 0 Å². The highest BCUT2D eigenvalue weighted by Crippen LogP contribution is 2.17. The Morgan fingerprint density at radius 3 is 2.82 bits per heavy atom. The van der Waals surface area contributed by atoms with E-state index in [0.717, 1.165) is 31.4 Å². The van der Waals surface area contributed by atoms with Crippen LogP contribution in [0.25, 0.3) is 0 Å². The predicted molar refractivity (Wildman–Crippen MR) is 68.2 cm³/mol. The van der Waals surface area contributed by atoms with Crippen LogP contribution in [0.3, 0.4) is 0 Å². The van der Waals surface area contributed by atoms with Crippen molar-refractivity contribution in [2.24, 2.45) is 0 Å². The maximum absolute atomic E-state index is 10.4. The molecular formula is C13H20N2O2. The Balaban J connectivity index is 2.74. The summed E-state index contributed by atoms with van der Waals surface area (Å²) in [5.74, 6) is 0. The topological polar surface area (TPSA) is 61.4 Å². The number of carbonyl (C=O) groups excluding carboxylic acids is 1. The van der Waals surface area contributed by atoms with E-state index < -0.39 is 0 Å². The van der Waals surface area contributed by atoms with Crippen LogP contribution in [0, 0.1) is 0 Å². The van der Waals surface area contributed by atoms with Crippen LogP contribution in [0.1, 0.15) is 30.9 Å². The number of benzene rings is 1. The molecule has 0 saturated carbocycles. The number of carbonyl (C=O) groups is 1. The van der Waals surface area contributed by atoms with Crippen LogP contribution in [0.2, 0.25) is 0 Å². The Morgan fingerprint density at radius 1 is 1.35 bits per heavy atom. The van der Waals surface area contributed by atoms with Crippen LogP contribution in [-0.2, 0) is 17.8 Å². The number of aldehydes is 1. The first-order valence-corrected chi connectivity index (χ1v) is 5.98. The van der Waals surface area contributed by atoms with Gasteiger partial charge in [0.1, 0.15) is 6.29 Å². The number of hydrogen-bond donors (Lipinski definition) is 3. The average Bonchev–Trinajstić information content (AvgIpc) is 2.37. The Bertz CT molecular complexity index is 353. The monoisotopic (exact) mass is 236 g/mol. The van der Waals surface area contributed by atoms with E-state index in [1.54, 1.807) is 0 Å². The van der Waals surface area contributed by atoms with Crippen molar-refractivity contribution < 1.29 is 10.0 Å². The van der Waals surface area contributed by atoms with E-state index in [-0.39, 0.29) is 0 Å². The van der Waals surface area contributed by atoms with Gasteiger partial charge in [0, 0.05) is 13.0 Å². The highest BCUT2D eigenvalue weighted by Gasteiger charge is 2.03. The van der Waals surface area contributed by atoms with Crippen molar-refractivity contribution in [2.75, 3.05) is 12.0 Å². The molecule has 0 saturated heterocycles. The maximum Gasteiger partial charge on any atom is 0.120 e. The zero-order chi connectivity index (χ0) is 12.5. The van der Waals surface area contributed by atoms with Crippen LogP contribution in [0.15, 0.2) is 18.2 Å². The summed E-state index contributed by atoms with van der Waals surface area (Å²) < 4.78 is 0. The SMILES string of the molecule is CCCNCc1ccc(NO)cc1CCC=O. The fourth-order valence-electron chi connectivity index (χ4n) is 1.71. The first-order valence-electron chi connectivity index (χ1n) is 5.98. The summed E-state index contributed by atoms with van der Waals surface area (Å²) in [6, 6.07) is 5.68. The van der Waals surface area contributed by atoms with E-state index in [1.165, 1.54) is 5.56 Å². The third-order valence-corrected chi connectivity index (χ3v) is 2.61. The number of nitrogens with one attached hydrogen (secondary N) is 2. The van der Waals surface area contributed by atoms with Gasteiger partial charge in [0.15, 0.2) is 0 Å². The Morgan fingerprint density at radius 2 is 2.18 bits per heavy atom. The summed E-state index contributed by atoms with van der Waals surface area (Å²) in [7, 11) is 0. The number of aryl methyl sites for hydroxylation is 1. The lowest BCUT2D eigenvalue weighted by molar-refractivity contribution is -0.107. The second-order valence-corrected chi connectivity index (χ2v) is 3.98. The molecule has 1 rings (SSSR count). The molecule has 0 spiro atoms. The molecule has 17 heavy (non-hydrogen) atoms. The molecule has 4 nitrogen and oxygen atoms in total. The first kappa shape index (κ1) is 13.7. The minimum absolute atomic E-state index is 0.510. The fraction of sp³-hybridized carbons (Fsp3) is 0.462. The molecule has 1 aromatic carbocycles. The molecule has 0 amide bonds. The van der Waals surface area contributed by atoms with Gasteiger partial charge in [-0.2, -0.15) is 0 Å². The van der Waals surface area contributed by atoms with Gasteiger partial charge in [-0.3, -0.25) is 10.7 Å². The van der Waals surface area contributed by atoms with E-state index in [9.17, 15) is 4.79 Å². The first-order chi connectivity index (χ1) is 8.31. The lowest BCUT2D eigenvalue weighted by Gasteiger charge is -2.11. The van der Waals surface area contributed by atoms with Crippen LogP contribution >= 0.6 is 0 Å². The van der Waals surface area contributed by atoms with Gasteiger partial charge in [-0.25, -0.2) is 0 Å². The van der Waals surface area contributed by atoms with Crippen molar-refractivity contribution in [3.05, 3.63) is 29.3 Å². The van der Waals surface area contributed by atoms with Crippen LogP contribution in [-0.4, -0.2) is 18.0 Å². The summed E-state index contributed by atoms with van der Waals surface area (Å²) >= 11 is 0. The number of rotatable bonds is 8. The van der Waals surface area contributed by atoms with Crippen molar-refractivity contribution in [2.45, 2.75) is 32.7 Å². The molecule has 0 aliphatic rings. The van der Waals surface area contributed by atoms with Gasteiger partial charge >= 0.3 is 0 Å². The molecule has 0 unspecified atom stereocenters. The van der Waals surface area contributed by atoms with E-state index in [4.69, 9.17) is 5.21 Å². The Hall–Kier alpha value is -1.39. The molecule has 0 atom stereocenters. The maximum atomic E-state index is 10.4. The minimum Gasteiger partial charge on any atom is -0.313 e. The van der Waals surface area contributed by atoms with Gasteiger partial charge in [-0.1, -0.05) is 13.0 Å². The lowest BCUT2D eigenvalue weighted by atomic mass is 10.0. The molecule has 4 heteroatoms. The summed E-state index contributed by atoms with van der Waals surface area (Å²) in [5, 5.41) is 12.2. The molecule has 0 radical (unpaired) electrons. The molecule has 94 valence electrons. The van der Waals surface area contributed by atoms with E-state index >= 15 is 0 Å². The molecule has 0 aliphatic heterocycles. The van der Waals surface area contributed by atoms with Crippen molar-refractivity contribution >= 4 is 12.0 Å². The molecule has 0 aliphatic carbocycles. The average molecular weight is 236 g/mol. The predicted octanol–water partition coefficient (Wildman–Crippen LogP) is 2.12. The number of anilines is 1. The largest absolute Gasteiger partial charge is 0.313 e. The van der Waals surface area contributed by atoms with Gasteiger partial charge < -0.3 is 10.1 Å². The molecule has 0 bridgehead atoms. The quantitative estimate of drug-likeness (QED) is 0.367. The van der Waals surface area contributed by atoms with E-state index in [0.29, 0.717) is 18.5 Å². The normalized spacial score (nSPS) is 10.2. The van der Waals surface area contributed by atoms with Crippen molar-refractivity contribution in [3.63, 3.8) is 0 Å². The van der Waals surface area contributed by atoms with Gasteiger partial charge in [0.05, 0.1) is 5.69 Å². The molecular weight excluding hydrogens is 216 g/mol. The van der Waals surface area contributed by atoms with Gasteiger partial charge in [-0.15, -0.1) is 0 Å². The zero-order valence-corrected chi connectivity index (χ0v) is 10.2. The standard InChI is InChI=1S/C13H20N2O2/c1-2-7-14-10-12-5-6-13(15-17)9-11(12)4-3-8-16/h5-6,8-9,14-15,17H,2-4,7,10H2,1H3. The third kappa shape index (κ3) is 4.54. The molecule has 3 N–H and O–H groups in total. The highest BCUT2D eigenvalue weighted by molar-refractivity contribution is 5.52. The van der Waals surface area contributed by atoms with Gasteiger partial charge in [-0.05, 0) is 42.6 Å². The van der Waals surface area contributed by atoms with Crippen LogP contribution in [0.5, 0.6) is 0 Å². The Labute approximate surface area is 102 Å². The van der Waals surface area contributed by atoms with Crippen LogP contribution < -0.4 is 10.8 Å². The second-order valence-electron chi connectivity index (χ2n) is 3.98. The summed E-state index contributed by atoms with van der Waals surface area (Å²) in [6.45, 7) is 3.90. The molecule has 1 aromatic rings. The molecule has 0 heterocycles. The van der Waals surface area contributed by atoms with Crippen molar-refractivity contribution in [1.82, 2.24) is 5.32 Å². The third-order valence-electron chi connectivity index (χ3n) is 2.61. The zero-order valence-electron chi connectivity index (χ0n) is 10.2. The molecule has 0 fully saturated rings. The van der Waals surface area contributed by atoms with Gasteiger partial charge in [0.2, 0.25) is 0 Å². The number of hydrogen-bond acceptors (Lipinski definition) is 4. The van der Waals surface area contributed by atoms with Gasteiger partial charge in [0.25, 0.3) is 0 Å². The Kier molecular flexibility index (Phi) is 6.29. The highest BCUT2D eigenvalue weighted by atomic mass is 16.5. The summed E-state index contributed by atoms with van der Waals surface area (Å²) in [6.07, 6.45) is 3.24. The fourth-order valence-corrected chi connectivity index (χ4v) is 1.71. The lowest BCUT2D eigenvalue weighted by Crippen LogP contribution is -2.15. The second kappa shape index (κ2) is 7.81.